The molecule has 4 heteroatoms. The lowest BCUT2D eigenvalue weighted by Crippen LogP contribution is -2.43. The van der Waals surface area contributed by atoms with Gasteiger partial charge >= 0.3 is 0 Å². The zero-order chi connectivity index (χ0) is 10.6. The van der Waals surface area contributed by atoms with Crippen LogP contribution < -0.4 is 5.32 Å². The summed E-state index contributed by atoms with van der Waals surface area (Å²) in [5.41, 5.74) is -1.12. The Morgan fingerprint density at radius 3 is 2.86 bits per heavy atom. The molecule has 1 rings (SSSR count). The largest absolute Gasteiger partial charge is 0.372 e. The maximum absolute atomic E-state index is 11.3. The first-order valence-electron chi connectivity index (χ1n) is 4.53. The summed E-state index contributed by atoms with van der Waals surface area (Å²) in [6.07, 6.45) is 1.16. The fraction of sp³-hybridized carbons (Fsp3) is 0.500. The van der Waals surface area contributed by atoms with E-state index in [1.807, 2.05) is 17.5 Å². The molecular weight excluding hydrogens is 198 g/mol. The van der Waals surface area contributed by atoms with Crippen molar-refractivity contribution in [1.29, 1.82) is 0 Å². The number of thiophene rings is 1. The highest BCUT2D eigenvalue weighted by Gasteiger charge is 2.15. The molecule has 1 aromatic heterocycles. The minimum atomic E-state index is -1.12. The molecule has 0 aliphatic carbocycles. The summed E-state index contributed by atoms with van der Waals surface area (Å²) in [7, 11) is 0. The van der Waals surface area contributed by atoms with Crippen LogP contribution in [0.1, 0.15) is 25.1 Å². The number of carbonyl (C=O) groups excluding carboxylic acids is 1. The Balaban J connectivity index is 2.29. The predicted octanol–water partition coefficient (Wildman–Crippen LogP) is 1.53. The molecule has 0 radical (unpaired) electrons. The zero-order valence-electron chi connectivity index (χ0n) is 8.41. The molecule has 0 spiro atoms. The lowest BCUT2D eigenvalue weighted by Gasteiger charge is -2.18. The number of amides is 1. The molecule has 1 amide bonds. The highest BCUT2D eigenvalue weighted by Crippen LogP contribution is 2.10. The summed E-state index contributed by atoms with van der Waals surface area (Å²) in [6.45, 7) is 3.10. The topological polar surface area (TPSA) is 49.3 Å². The third kappa shape index (κ3) is 4.39. The molecule has 1 aromatic rings. The Morgan fingerprint density at radius 1 is 1.64 bits per heavy atom. The van der Waals surface area contributed by atoms with Crippen LogP contribution in [0.5, 0.6) is 0 Å². The van der Waals surface area contributed by atoms with Crippen molar-refractivity contribution in [3.05, 3.63) is 22.4 Å². The van der Waals surface area contributed by atoms with Crippen molar-refractivity contribution < 1.29 is 9.90 Å². The normalized spacial score (nSPS) is 11.4. The van der Waals surface area contributed by atoms with Crippen LogP contribution in [0.25, 0.3) is 0 Å². The Bertz CT molecular complexity index is 288. The molecule has 0 bridgehead atoms. The first-order chi connectivity index (χ1) is 6.47. The minimum Gasteiger partial charge on any atom is -0.372 e. The molecule has 14 heavy (non-hydrogen) atoms. The van der Waals surface area contributed by atoms with Crippen LogP contribution in [0.4, 0.5) is 0 Å². The quantitative estimate of drug-likeness (QED) is 0.745. The lowest BCUT2D eigenvalue weighted by molar-refractivity contribution is -0.126. The van der Waals surface area contributed by atoms with Gasteiger partial charge in [-0.15, -0.1) is 11.3 Å². The highest BCUT2D eigenvalue weighted by atomic mass is 32.1. The van der Waals surface area contributed by atoms with Crippen LogP contribution in [-0.4, -0.2) is 16.7 Å². The van der Waals surface area contributed by atoms with E-state index in [-0.39, 0.29) is 5.91 Å². The number of hydrogen-bond donors (Lipinski definition) is 2. The van der Waals surface area contributed by atoms with Crippen molar-refractivity contribution in [2.75, 3.05) is 0 Å². The van der Waals surface area contributed by atoms with Crippen LogP contribution in [-0.2, 0) is 11.2 Å². The summed E-state index contributed by atoms with van der Waals surface area (Å²) in [5, 5.41) is 13.8. The summed E-state index contributed by atoms with van der Waals surface area (Å²) < 4.78 is 0. The molecule has 0 aliphatic heterocycles. The highest BCUT2D eigenvalue weighted by molar-refractivity contribution is 7.09. The van der Waals surface area contributed by atoms with E-state index >= 15 is 0 Å². The van der Waals surface area contributed by atoms with E-state index < -0.39 is 5.72 Å². The molecule has 0 saturated heterocycles. The fourth-order valence-electron chi connectivity index (χ4n) is 1.10. The van der Waals surface area contributed by atoms with Gasteiger partial charge in [-0.3, -0.25) is 4.79 Å². The molecular formula is C10H15NO2S. The second-order valence-corrected chi connectivity index (χ2v) is 4.72. The maximum Gasteiger partial charge on any atom is 0.222 e. The molecule has 3 nitrogen and oxygen atoms in total. The van der Waals surface area contributed by atoms with Gasteiger partial charge in [-0.05, 0) is 31.7 Å². The number of aryl methyl sites for hydroxylation is 1. The molecule has 0 aliphatic rings. The standard InChI is InChI=1S/C10H15NO2S/c1-10(2,13)11-9(12)6-5-8-4-3-7-14-8/h3-4,7,13H,5-6H2,1-2H3,(H,11,12). The van der Waals surface area contributed by atoms with Crippen molar-refractivity contribution in [2.45, 2.75) is 32.4 Å². The van der Waals surface area contributed by atoms with Crippen LogP contribution in [0.3, 0.4) is 0 Å². The number of hydrogen-bond acceptors (Lipinski definition) is 3. The summed E-state index contributed by atoms with van der Waals surface area (Å²) in [6, 6.07) is 3.97. The van der Waals surface area contributed by atoms with Crippen molar-refractivity contribution in [1.82, 2.24) is 5.32 Å². The van der Waals surface area contributed by atoms with E-state index in [2.05, 4.69) is 5.32 Å². The SMILES string of the molecule is CC(C)(O)NC(=O)CCc1cccs1. The van der Waals surface area contributed by atoms with Crippen LogP contribution >= 0.6 is 11.3 Å². The smallest absolute Gasteiger partial charge is 0.222 e. The molecule has 0 unspecified atom stereocenters. The summed E-state index contributed by atoms with van der Waals surface area (Å²) in [4.78, 5) is 12.5. The Morgan fingerprint density at radius 2 is 2.36 bits per heavy atom. The van der Waals surface area contributed by atoms with Gasteiger partial charge in [0.1, 0.15) is 5.72 Å². The lowest BCUT2D eigenvalue weighted by atomic mass is 10.2. The molecule has 0 fully saturated rings. The first kappa shape index (κ1) is 11.2. The van der Waals surface area contributed by atoms with Gasteiger partial charge in [0.25, 0.3) is 0 Å². The van der Waals surface area contributed by atoms with Gasteiger partial charge in [0, 0.05) is 11.3 Å². The first-order valence-corrected chi connectivity index (χ1v) is 5.41. The number of aliphatic hydroxyl groups is 1. The summed E-state index contributed by atoms with van der Waals surface area (Å²) >= 11 is 1.64. The van der Waals surface area contributed by atoms with Gasteiger partial charge in [-0.2, -0.15) is 0 Å². The van der Waals surface area contributed by atoms with Crippen molar-refractivity contribution in [3.63, 3.8) is 0 Å². The molecule has 0 atom stereocenters. The maximum atomic E-state index is 11.3. The number of carbonyl (C=O) groups is 1. The van der Waals surface area contributed by atoms with E-state index in [1.54, 1.807) is 25.2 Å². The Hall–Kier alpha value is -0.870. The second kappa shape index (κ2) is 4.57. The molecule has 0 aromatic carbocycles. The van der Waals surface area contributed by atoms with E-state index in [1.165, 1.54) is 4.88 Å². The number of rotatable bonds is 4. The van der Waals surface area contributed by atoms with Crippen LogP contribution in [0, 0.1) is 0 Å². The van der Waals surface area contributed by atoms with Gasteiger partial charge < -0.3 is 10.4 Å². The zero-order valence-corrected chi connectivity index (χ0v) is 9.23. The van der Waals surface area contributed by atoms with Gasteiger partial charge in [0.2, 0.25) is 5.91 Å². The van der Waals surface area contributed by atoms with Gasteiger partial charge in [0.05, 0.1) is 0 Å². The van der Waals surface area contributed by atoms with E-state index in [9.17, 15) is 9.90 Å². The predicted molar refractivity (Wildman–Crippen MR) is 57.1 cm³/mol. The van der Waals surface area contributed by atoms with E-state index in [0.29, 0.717) is 6.42 Å². The van der Waals surface area contributed by atoms with Crippen molar-refractivity contribution in [3.8, 4) is 0 Å². The van der Waals surface area contributed by atoms with Gasteiger partial charge in [-0.25, -0.2) is 0 Å². The molecule has 1 heterocycles. The number of nitrogens with one attached hydrogen (secondary N) is 1. The minimum absolute atomic E-state index is 0.120. The van der Waals surface area contributed by atoms with Crippen molar-refractivity contribution in [2.24, 2.45) is 0 Å². The molecule has 2 N–H and O–H groups in total. The third-order valence-corrected chi connectivity index (χ3v) is 2.56. The molecule has 78 valence electrons. The van der Waals surface area contributed by atoms with E-state index in [4.69, 9.17) is 0 Å². The van der Waals surface area contributed by atoms with Gasteiger partial charge in [-0.1, -0.05) is 6.07 Å². The molecule has 0 saturated carbocycles. The second-order valence-electron chi connectivity index (χ2n) is 3.69. The van der Waals surface area contributed by atoms with Gasteiger partial charge in [0.15, 0.2) is 0 Å². The van der Waals surface area contributed by atoms with Crippen molar-refractivity contribution >= 4 is 17.2 Å². The summed E-state index contributed by atoms with van der Waals surface area (Å²) in [5.74, 6) is -0.120. The average Bonchev–Trinajstić information content (AvgIpc) is 2.49. The Labute approximate surface area is 87.8 Å². The fourth-order valence-corrected chi connectivity index (χ4v) is 1.80. The monoisotopic (exact) mass is 213 g/mol. The third-order valence-electron chi connectivity index (χ3n) is 1.62. The van der Waals surface area contributed by atoms with E-state index in [0.717, 1.165) is 6.42 Å². The van der Waals surface area contributed by atoms with Crippen LogP contribution in [0.15, 0.2) is 17.5 Å². The van der Waals surface area contributed by atoms with Crippen LogP contribution in [0.2, 0.25) is 0 Å². The average molecular weight is 213 g/mol. The Kier molecular flexibility index (Phi) is 3.66.